The minimum Gasteiger partial charge on any atom is -0.387 e. The Labute approximate surface area is 135 Å². The van der Waals surface area contributed by atoms with Crippen molar-refractivity contribution in [1.82, 2.24) is 10.2 Å². The summed E-state index contributed by atoms with van der Waals surface area (Å²) in [5.41, 5.74) is 0. The molecule has 1 aliphatic heterocycles. The monoisotopic (exact) mass is 324 g/mol. The van der Waals surface area contributed by atoms with E-state index >= 15 is 0 Å². The molecule has 1 amide bonds. The van der Waals surface area contributed by atoms with Gasteiger partial charge in [0.15, 0.2) is 0 Å². The standard InChI is InChI=1S/C16H24N2O3S/c19-14(15-2-1-7-22-15)8-13-11-21-6-5-18(13)16(20)10-17-9-12-3-4-12/h1-2,7,12-14,17,19H,3-6,8-11H2. The van der Waals surface area contributed by atoms with E-state index in [0.717, 1.165) is 17.3 Å². The van der Waals surface area contributed by atoms with E-state index in [0.29, 0.717) is 32.7 Å². The third-order valence-electron chi connectivity index (χ3n) is 4.32. The number of carbonyl (C=O) groups is 1. The van der Waals surface area contributed by atoms with Crippen LogP contribution in [0.2, 0.25) is 0 Å². The summed E-state index contributed by atoms with van der Waals surface area (Å²) in [5, 5.41) is 15.5. The second kappa shape index (κ2) is 7.55. The zero-order valence-electron chi connectivity index (χ0n) is 12.7. The lowest BCUT2D eigenvalue weighted by Crippen LogP contribution is -2.51. The molecular formula is C16H24N2O3S. The smallest absolute Gasteiger partial charge is 0.236 e. The fourth-order valence-corrected chi connectivity index (χ4v) is 3.56. The number of hydrogen-bond acceptors (Lipinski definition) is 5. The van der Waals surface area contributed by atoms with Gasteiger partial charge in [-0.3, -0.25) is 4.79 Å². The summed E-state index contributed by atoms with van der Waals surface area (Å²) in [6, 6.07) is 3.83. The molecule has 122 valence electrons. The maximum absolute atomic E-state index is 12.4. The zero-order chi connectivity index (χ0) is 15.4. The molecule has 1 aromatic rings. The molecule has 22 heavy (non-hydrogen) atoms. The first-order valence-electron chi connectivity index (χ1n) is 8.03. The van der Waals surface area contributed by atoms with Crippen LogP contribution < -0.4 is 5.32 Å². The van der Waals surface area contributed by atoms with Crippen LogP contribution in [0.4, 0.5) is 0 Å². The molecule has 2 unspecified atom stereocenters. The Morgan fingerprint density at radius 2 is 2.41 bits per heavy atom. The predicted octanol–water partition coefficient (Wildman–Crippen LogP) is 1.40. The summed E-state index contributed by atoms with van der Waals surface area (Å²) < 4.78 is 5.51. The summed E-state index contributed by atoms with van der Waals surface area (Å²) in [4.78, 5) is 15.2. The van der Waals surface area contributed by atoms with Crippen molar-refractivity contribution >= 4 is 17.2 Å². The highest BCUT2D eigenvalue weighted by molar-refractivity contribution is 7.10. The topological polar surface area (TPSA) is 61.8 Å². The molecule has 1 aromatic heterocycles. The largest absolute Gasteiger partial charge is 0.387 e. The normalized spacial score (nSPS) is 23.5. The first-order chi connectivity index (χ1) is 10.7. The quantitative estimate of drug-likeness (QED) is 0.796. The van der Waals surface area contributed by atoms with Crippen LogP contribution in [0.3, 0.4) is 0 Å². The number of hydrogen-bond donors (Lipinski definition) is 2. The van der Waals surface area contributed by atoms with Crippen LogP contribution in [-0.2, 0) is 9.53 Å². The molecule has 1 saturated carbocycles. The highest BCUT2D eigenvalue weighted by atomic mass is 32.1. The number of aliphatic hydroxyl groups is 1. The first kappa shape index (κ1) is 15.9. The number of carbonyl (C=O) groups excluding carboxylic acids is 1. The lowest BCUT2D eigenvalue weighted by atomic mass is 10.1. The van der Waals surface area contributed by atoms with E-state index in [4.69, 9.17) is 4.74 Å². The highest BCUT2D eigenvalue weighted by Crippen LogP contribution is 2.28. The number of thiophene rings is 1. The molecule has 2 fully saturated rings. The van der Waals surface area contributed by atoms with Crippen molar-refractivity contribution in [2.75, 3.05) is 32.8 Å². The average Bonchev–Trinajstić information content (AvgIpc) is 3.17. The molecule has 5 nitrogen and oxygen atoms in total. The van der Waals surface area contributed by atoms with Gasteiger partial charge in [-0.05, 0) is 36.8 Å². The number of rotatable bonds is 7. The van der Waals surface area contributed by atoms with Crippen LogP contribution in [-0.4, -0.2) is 54.8 Å². The summed E-state index contributed by atoms with van der Waals surface area (Å²) in [7, 11) is 0. The van der Waals surface area contributed by atoms with Crippen molar-refractivity contribution in [2.45, 2.75) is 31.4 Å². The summed E-state index contributed by atoms with van der Waals surface area (Å²) in [6.07, 6.45) is 2.58. The van der Waals surface area contributed by atoms with Gasteiger partial charge < -0.3 is 20.1 Å². The van der Waals surface area contributed by atoms with Gasteiger partial charge in [-0.25, -0.2) is 0 Å². The number of aliphatic hydroxyl groups excluding tert-OH is 1. The van der Waals surface area contributed by atoms with Gasteiger partial charge in [0.2, 0.25) is 5.91 Å². The molecule has 2 atom stereocenters. The molecule has 0 aromatic carbocycles. The van der Waals surface area contributed by atoms with E-state index in [1.165, 1.54) is 12.8 Å². The molecule has 2 N–H and O–H groups in total. The second-order valence-electron chi connectivity index (χ2n) is 6.16. The van der Waals surface area contributed by atoms with Crippen molar-refractivity contribution in [3.8, 4) is 0 Å². The van der Waals surface area contributed by atoms with Crippen molar-refractivity contribution in [2.24, 2.45) is 5.92 Å². The van der Waals surface area contributed by atoms with Gasteiger partial charge in [0.1, 0.15) is 0 Å². The maximum atomic E-state index is 12.4. The molecule has 2 heterocycles. The molecule has 6 heteroatoms. The van der Waals surface area contributed by atoms with Crippen LogP contribution in [0.15, 0.2) is 17.5 Å². The fourth-order valence-electron chi connectivity index (χ4n) is 2.84. The third kappa shape index (κ3) is 4.29. The van der Waals surface area contributed by atoms with E-state index in [1.54, 1.807) is 11.3 Å². The molecule has 1 saturated heterocycles. The second-order valence-corrected chi connectivity index (χ2v) is 7.14. The van der Waals surface area contributed by atoms with Crippen LogP contribution in [0.1, 0.15) is 30.2 Å². The summed E-state index contributed by atoms with van der Waals surface area (Å²) >= 11 is 1.55. The Hall–Kier alpha value is -0.950. The Morgan fingerprint density at radius 3 is 3.14 bits per heavy atom. The molecule has 0 bridgehead atoms. The van der Waals surface area contributed by atoms with Gasteiger partial charge >= 0.3 is 0 Å². The molecule has 0 spiro atoms. The summed E-state index contributed by atoms with van der Waals surface area (Å²) in [6.45, 7) is 3.04. The van der Waals surface area contributed by atoms with Gasteiger partial charge in [0, 0.05) is 17.8 Å². The number of amides is 1. The Balaban J connectivity index is 1.51. The Kier molecular flexibility index (Phi) is 5.46. The highest BCUT2D eigenvalue weighted by Gasteiger charge is 2.30. The van der Waals surface area contributed by atoms with E-state index in [2.05, 4.69) is 5.32 Å². The predicted molar refractivity (Wildman–Crippen MR) is 85.8 cm³/mol. The first-order valence-corrected chi connectivity index (χ1v) is 8.91. The van der Waals surface area contributed by atoms with E-state index in [1.807, 2.05) is 22.4 Å². The van der Waals surface area contributed by atoms with Crippen molar-refractivity contribution in [3.63, 3.8) is 0 Å². The summed E-state index contributed by atoms with van der Waals surface area (Å²) in [5.74, 6) is 0.890. The lowest BCUT2D eigenvalue weighted by Gasteiger charge is -2.36. The molecule has 3 rings (SSSR count). The van der Waals surface area contributed by atoms with Crippen LogP contribution in [0.5, 0.6) is 0 Å². The van der Waals surface area contributed by atoms with Gasteiger partial charge in [-0.1, -0.05) is 6.07 Å². The van der Waals surface area contributed by atoms with E-state index < -0.39 is 6.10 Å². The molecule has 0 radical (unpaired) electrons. The lowest BCUT2D eigenvalue weighted by molar-refractivity contribution is -0.140. The zero-order valence-corrected chi connectivity index (χ0v) is 13.6. The van der Waals surface area contributed by atoms with Crippen molar-refractivity contribution in [1.29, 1.82) is 0 Å². The van der Waals surface area contributed by atoms with Gasteiger partial charge in [0.05, 0.1) is 31.9 Å². The van der Waals surface area contributed by atoms with Gasteiger partial charge in [0.25, 0.3) is 0 Å². The molecule has 1 aliphatic carbocycles. The average molecular weight is 324 g/mol. The van der Waals surface area contributed by atoms with Crippen molar-refractivity contribution < 1.29 is 14.6 Å². The van der Waals surface area contributed by atoms with Crippen LogP contribution in [0, 0.1) is 5.92 Å². The minimum atomic E-state index is -0.526. The Bertz CT molecular complexity index is 476. The van der Waals surface area contributed by atoms with Gasteiger partial charge in [-0.15, -0.1) is 11.3 Å². The number of ether oxygens (including phenoxy) is 1. The van der Waals surface area contributed by atoms with Crippen molar-refractivity contribution in [3.05, 3.63) is 22.4 Å². The molecular weight excluding hydrogens is 300 g/mol. The third-order valence-corrected chi connectivity index (χ3v) is 5.29. The number of nitrogens with one attached hydrogen (secondary N) is 1. The number of morpholine rings is 1. The molecule has 2 aliphatic rings. The number of nitrogens with zero attached hydrogens (tertiary/aromatic N) is 1. The van der Waals surface area contributed by atoms with Crippen LogP contribution >= 0.6 is 11.3 Å². The SMILES string of the molecule is O=C(CNCC1CC1)N1CCOCC1CC(O)c1cccs1. The van der Waals surface area contributed by atoms with Gasteiger partial charge in [-0.2, -0.15) is 0 Å². The minimum absolute atomic E-state index is 0.0407. The Morgan fingerprint density at radius 1 is 1.55 bits per heavy atom. The van der Waals surface area contributed by atoms with E-state index in [9.17, 15) is 9.90 Å². The van der Waals surface area contributed by atoms with E-state index in [-0.39, 0.29) is 11.9 Å². The fraction of sp³-hybridized carbons (Fsp3) is 0.688. The van der Waals surface area contributed by atoms with Crippen LogP contribution in [0.25, 0.3) is 0 Å². The maximum Gasteiger partial charge on any atom is 0.236 e.